The Morgan fingerprint density at radius 3 is 2.50 bits per heavy atom. The molecule has 0 saturated carbocycles. The largest absolute Gasteiger partial charge is 0.311 e. The normalized spacial score (nSPS) is 12.9. The molecular formula is C15H19BrClN3. The molecule has 0 fully saturated rings. The zero-order valence-corrected chi connectivity index (χ0v) is 14.2. The molecular weight excluding hydrogens is 338 g/mol. The minimum absolute atomic E-state index is 0.204. The van der Waals surface area contributed by atoms with Crippen molar-refractivity contribution in [2.75, 3.05) is 7.05 Å². The molecule has 0 radical (unpaired) electrons. The van der Waals surface area contributed by atoms with Crippen LogP contribution in [0.25, 0.3) is 0 Å². The maximum absolute atomic E-state index is 5.94. The average Bonchev–Trinajstić information content (AvgIpc) is 2.80. The van der Waals surface area contributed by atoms with Gasteiger partial charge in [-0.3, -0.25) is 4.68 Å². The van der Waals surface area contributed by atoms with Gasteiger partial charge in [-0.1, -0.05) is 23.7 Å². The van der Waals surface area contributed by atoms with E-state index in [4.69, 9.17) is 11.6 Å². The van der Waals surface area contributed by atoms with Crippen molar-refractivity contribution < 1.29 is 0 Å². The van der Waals surface area contributed by atoms with E-state index in [-0.39, 0.29) is 6.04 Å². The second-order valence-corrected chi connectivity index (χ2v) is 6.38. The first-order valence-corrected chi connectivity index (χ1v) is 7.84. The molecule has 0 saturated heterocycles. The lowest BCUT2D eigenvalue weighted by molar-refractivity contribution is 0.458. The summed E-state index contributed by atoms with van der Waals surface area (Å²) < 4.78 is 3.10. The predicted octanol–water partition coefficient (Wildman–Crippen LogP) is 4.38. The Kier molecular flexibility index (Phi) is 5.24. The van der Waals surface area contributed by atoms with Crippen molar-refractivity contribution in [1.82, 2.24) is 15.1 Å². The highest BCUT2D eigenvalue weighted by atomic mass is 79.9. The van der Waals surface area contributed by atoms with E-state index >= 15 is 0 Å². The number of halogens is 2. The number of aromatic nitrogens is 2. The second-order valence-electron chi connectivity index (χ2n) is 5.09. The van der Waals surface area contributed by atoms with Gasteiger partial charge < -0.3 is 5.32 Å². The van der Waals surface area contributed by atoms with Gasteiger partial charge in [0.25, 0.3) is 0 Å². The lowest BCUT2D eigenvalue weighted by Gasteiger charge is -2.21. The topological polar surface area (TPSA) is 29.9 Å². The highest BCUT2D eigenvalue weighted by Gasteiger charge is 2.20. The van der Waals surface area contributed by atoms with Crippen LogP contribution in [0.2, 0.25) is 5.02 Å². The lowest BCUT2D eigenvalue weighted by Crippen LogP contribution is -2.23. The highest BCUT2D eigenvalue weighted by molar-refractivity contribution is 9.10. The summed E-state index contributed by atoms with van der Waals surface area (Å²) in [6.45, 7) is 4.27. The molecule has 1 aromatic carbocycles. The van der Waals surface area contributed by atoms with Gasteiger partial charge in [-0.15, -0.1) is 0 Å². The van der Waals surface area contributed by atoms with Crippen LogP contribution in [0.5, 0.6) is 0 Å². The number of nitrogens with zero attached hydrogens (tertiary/aromatic N) is 2. The van der Waals surface area contributed by atoms with E-state index in [0.717, 1.165) is 15.9 Å². The molecule has 20 heavy (non-hydrogen) atoms. The van der Waals surface area contributed by atoms with Crippen LogP contribution >= 0.6 is 27.5 Å². The van der Waals surface area contributed by atoms with Crippen LogP contribution in [0.1, 0.15) is 37.2 Å². The summed E-state index contributed by atoms with van der Waals surface area (Å²) in [4.78, 5) is 0. The van der Waals surface area contributed by atoms with Gasteiger partial charge in [0, 0.05) is 11.1 Å². The molecule has 0 aliphatic carbocycles. The fraction of sp³-hybridized carbons (Fsp3) is 0.400. The maximum atomic E-state index is 5.94. The van der Waals surface area contributed by atoms with Crippen molar-refractivity contribution in [2.24, 2.45) is 0 Å². The summed E-state index contributed by atoms with van der Waals surface area (Å²) in [7, 11) is 1.98. The van der Waals surface area contributed by atoms with E-state index < -0.39 is 0 Å². The fourth-order valence-electron chi connectivity index (χ4n) is 2.28. The summed E-state index contributed by atoms with van der Waals surface area (Å²) >= 11 is 9.54. The van der Waals surface area contributed by atoms with Crippen molar-refractivity contribution in [3.8, 4) is 0 Å². The number of benzene rings is 1. The summed E-state index contributed by atoms with van der Waals surface area (Å²) in [6, 6.07) is 8.53. The average molecular weight is 357 g/mol. The SMILES string of the molecule is CNC(Cc1ccc(Cl)cc1)c1c(Br)cnn1C(C)C. The number of hydrogen-bond donors (Lipinski definition) is 1. The first-order chi connectivity index (χ1) is 9.52. The van der Waals surface area contributed by atoms with E-state index in [1.54, 1.807) is 0 Å². The Hall–Kier alpha value is -0.840. The molecule has 1 heterocycles. The molecule has 0 aliphatic heterocycles. The van der Waals surface area contributed by atoms with Crippen LogP contribution in [0, 0.1) is 0 Å². The Bertz CT molecular complexity index is 563. The number of hydrogen-bond acceptors (Lipinski definition) is 2. The first kappa shape index (κ1) is 15.5. The van der Waals surface area contributed by atoms with Gasteiger partial charge >= 0.3 is 0 Å². The summed E-state index contributed by atoms with van der Waals surface area (Å²) in [5, 5.41) is 8.60. The van der Waals surface area contributed by atoms with Crippen molar-refractivity contribution in [1.29, 1.82) is 0 Å². The molecule has 1 aromatic heterocycles. The molecule has 1 unspecified atom stereocenters. The highest BCUT2D eigenvalue weighted by Crippen LogP contribution is 2.28. The summed E-state index contributed by atoms with van der Waals surface area (Å²) in [5.74, 6) is 0. The maximum Gasteiger partial charge on any atom is 0.0702 e. The molecule has 5 heteroatoms. The Balaban J connectivity index is 2.28. The fourth-order valence-corrected chi connectivity index (χ4v) is 2.96. The van der Waals surface area contributed by atoms with Crippen LogP contribution in [0.4, 0.5) is 0 Å². The molecule has 108 valence electrons. The van der Waals surface area contributed by atoms with Crippen LogP contribution in [0.15, 0.2) is 34.9 Å². The lowest BCUT2D eigenvalue weighted by atomic mass is 10.0. The molecule has 0 amide bonds. The molecule has 0 spiro atoms. The van der Waals surface area contributed by atoms with Crippen LogP contribution < -0.4 is 5.32 Å². The van der Waals surface area contributed by atoms with E-state index in [9.17, 15) is 0 Å². The molecule has 0 bridgehead atoms. The van der Waals surface area contributed by atoms with Gasteiger partial charge in [-0.05, 0) is 60.9 Å². The molecule has 3 nitrogen and oxygen atoms in total. The van der Waals surface area contributed by atoms with E-state index in [1.807, 2.05) is 25.4 Å². The van der Waals surface area contributed by atoms with Crippen LogP contribution in [-0.2, 0) is 6.42 Å². The van der Waals surface area contributed by atoms with E-state index in [0.29, 0.717) is 6.04 Å². The molecule has 2 aromatic rings. The Labute approximate surface area is 133 Å². The third-order valence-corrected chi connectivity index (χ3v) is 4.17. The molecule has 1 atom stereocenters. The summed E-state index contributed by atoms with van der Waals surface area (Å²) in [5.41, 5.74) is 2.43. The monoisotopic (exact) mass is 355 g/mol. The van der Waals surface area contributed by atoms with E-state index in [1.165, 1.54) is 11.3 Å². The number of nitrogens with one attached hydrogen (secondary N) is 1. The predicted molar refractivity (Wildman–Crippen MR) is 87.3 cm³/mol. The number of rotatable bonds is 5. The summed E-state index contributed by atoms with van der Waals surface area (Å²) in [6.07, 6.45) is 2.76. The van der Waals surface area contributed by atoms with Crippen molar-refractivity contribution in [3.05, 3.63) is 51.2 Å². The molecule has 0 aliphatic rings. The van der Waals surface area contributed by atoms with Gasteiger partial charge in [0.1, 0.15) is 0 Å². The van der Waals surface area contributed by atoms with Crippen LogP contribution in [-0.4, -0.2) is 16.8 Å². The Morgan fingerprint density at radius 2 is 1.95 bits per heavy atom. The van der Waals surface area contributed by atoms with Crippen molar-refractivity contribution in [3.63, 3.8) is 0 Å². The zero-order chi connectivity index (χ0) is 14.7. The van der Waals surface area contributed by atoms with Gasteiger partial charge in [-0.2, -0.15) is 5.10 Å². The van der Waals surface area contributed by atoms with Gasteiger partial charge in [0.2, 0.25) is 0 Å². The van der Waals surface area contributed by atoms with Crippen molar-refractivity contribution >= 4 is 27.5 Å². The second kappa shape index (κ2) is 6.74. The van der Waals surface area contributed by atoms with Gasteiger partial charge in [0.05, 0.1) is 22.4 Å². The first-order valence-electron chi connectivity index (χ1n) is 6.67. The van der Waals surface area contributed by atoms with Gasteiger partial charge in [0.15, 0.2) is 0 Å². The number of likely N-dealkylation sites (N-methyl/N-ethyl adjacent to an activating group) is 1. The zero-order valence-electron chi connectivity index (χ0n) is 11.9. The van der Waals surface area contributed by atoms with Crippen molar-refractivity contribution in [2.45, 2.75) is 32.4 Å². The van der Waals surface area contributed by atoms with E-state index in [2.05, 4.69) is 57.0 Å². The third kappa shape index (κ3) is 3.43. The Morgan fingerprint density at radius 1 is 1.30 bits per heavy atom. The third-order valence-electron chi connectivity index (χ3n) is 3.31. The molecule has 2 rings (SSSR count). The minimum Gasteiger partial charge on any atom is -0.311 e. The molecule has 1 N–H and O–H groups in total. The van der Waals surface area contributed by atoms with Gasteiger partial charge in [-0.25, -0.2) is 0 Å². The quantitative estimate of drug-likeness (QED) is 0.861. The van der Waals surface area contributed by atoms with Crippen LogP contribution in [0.3, 0.4) is 0 Å². The smallest absolute Gasteiger partial charge is 0.0702 e. The minimum atomic E-state index is 0.204. The standard InChI is InChI=1S/C15H19BrClN3/c1-10(2)20-15(13(16)9-19-20)14(18-3)8-11-4-6-12(17)7-5-11/h4-7,9-10,14,18H,8H2,1-3H3.